The Labute approximate surface area is 139 Å². The van der Waals surface area contributed by atoms with E-state index in [4.69, 9.17) is 15.2 Å². The number of aryl methyl sites for hydroxylation is 1. The van der Waals surface area contributed by atoms with Crippen molar-refractivity contribution in [3.63, 3.8) is 0 Å². The molecule has 0 saturated heterocycles. The molecule has 0 radical (unpaired) electrons. The number of fused-ring (bicyclic) bond motifs is 1. The maximum atomic E-state index is 5.77. The molecule has 4 rings (SSSR count). The van der Waals surface area contributed by atoms with Gasteiger partial charge in [-0.3, -0.25) is 0 Å². The van der Waals surface area contributed by atoms with Gasteiger partial charge >= 0.3 is 0 Å². The molecule has 0 bridgehead atoms. The normalized spacial score (nSPS) is 12.9. The number of nitrogen functional groups attached to an aromatic ring is 1. The number of benzene rings is 2. The van der Waals surface area contributed by atoms with E-state index in [9.17, 15) is 0 Å². The SMILES string of the molecule is Cc1cn(N=Cc2ccc(-c3ccc4c(c3)OCO4)cc2)c(N)n1. The number of imidazole rings is 1. The fourth-order valence-corrected chi connectivity index (χ4v) is 2.56. The molecule has 6 heteroatoms. The minimum atomic E-state index is 0.283. The lowest BCUT2D eigenvalue weighted by molar-refractivity contribution is 0.174. The topological polar surface area (TPSA) is 74.7 Å². The number of aromatic nitrogens is 2. The Kier molecular flexibility index (Phi) is 3.42. The standard InChI is InChI=1S/C18H16N4O2/c1-12-10-22(18(19)21-12)20-9-13-2-4-14(5-3-13)15-6-7-16-17(8-15)24-11-23-16/h2-10H,11H2,1H3,(H2,19,21). The summed E-state index contributed by atoms with van der Waals surface area (Å²) in [6, 6.07) is 14.0. The van der Waals surface area contributed by atoms with Crippen LogP contribution < -0.4 is 15.2 Å². The molecule has 3 aromatic rings. The molecule has 24 heavy (non-hydrogen) atoms. The summed E-state index contributed by atoms with van der Waals surface area (Å²) in [4.78, 5) is 4.11. The maximum Gasteiger partial charge on any atom is 0.231 e. The zero-order chi connectivity index (χ0) is 16.5. The van der Waals surface area contributed by atoms with Gasteiger partial charge in [0.2, 0.25) is 12.7 Å². The number of hydrogen-bond donors (Lipinski definition) is 1. The molecule has 0 amide bonds. The molecule has 120 valence electrons. The number of anilines is 1. The van der Waals surface area contributed by atoms with Gasteiger partial charge < -0.3 is 15.2 Å². The molecule has 2 heterocycles. The molecule has 1 aliphatic rings. The van der Waals surface area contributed by atoms with E-state index in [0.717, 1.165) is 33.9 Å². The van der Waals surface area contributed by atoms with E-state index < -0.39 is 0 Å². The Bertz CT molecular complexity index is 913. The third kappa shape index (κ3) is 2.69. The highest BCUT2D eigenvalue weighted by Gasteiger charge is 2.13. The van der Waals surface area contributed by atoms with Gasteiger partial charge in [0.1, 0.15) is 0 Å². The predicted molar refractivity (Wildman–Crippen MR) is 92.4 cm³/mol. The number of nitrogens with zero attached hydrogens (tertiary/aromatic N) is 3. The van der Waals surface area contributed by atoms with Gasteiger partial charge in [0.15, 0.2) is 11.5 Å². The van der Waals surface area contributed by atoms with Gasteiger partial charge in [-0.05, 0) is 35.7 Å². The van der Waals surface area contributed by atoms with E-state index in [2.05, 4.69) is 10.1 Å². The van der Waals surface area contributed by atoms with Crippen molar-refractivity contribution in [2.24, 2.45) is 5.10 Å². The van der Waals surface area contributed by atoms with E-state index in [1.807, 2.05) is 49.4 Å². The molecule has 2 N–H and O–H groups in total. The summed E-state index contributed by atoms with van der Waals surface area (Å²) >= 11 is 0. The summed E-state index contributed by atoms with van der Waals surface area (Å²) in [5, 5.41) is 4.31. The van der Waals surface area contributed by atoms with Crippen LogP contribution in [0.1, 0.15) is 11.3 Å². The van der Waals surface area contributed by atoms with Gasteiger partial charge in [0, 0.05) is 0 Å². The summed E-state index contributed by atoms with van der Waals surface area (Å²) in [6.45, 7) is 2.16. The summed E-state index contributed by atoms with van der Waals surface area (Å²) in [5.41, 5.74) is 9.76. The third-order valence-corrected chi connectivity index (χ3v) is 3.78. The molecule has 0 saturated carbocycles. The summed E-state index contributed by atoms with van der Waals surface area (Å²) < 4.78 is 12.3. The lowest BCUT2D eigenvalue weighted by atomic mass is 10.0. The van der Waals surface area contributed by atoms with E-state index in [1.54, 1.807) is 17.1 Å². The highest BCUT2D eigenvalue weighted by Crippen LogP contribution is 2.35. The van der Waals surface area contributed by atoms with Crippen molar-refractivity contribution < 1.29 is 9.47 Å². The Balaban J connectivity index is 1.55. The minimum Gasteiger partial charge on any atom is -0.454 e. The number of rotatable bonds is 3. The Morgan fingerprint density at radius 3 is 2.58 bits per heavy atom. The molecule has 0 atom stereocenters. The average Bonchev–Trinajstić information content (AvgIpc) is 3.18. The van der Waals surface area contributed by atoms with Crippen LogP contribution in [-0.2, 0) is 0 Å². The summed E-state index contributed by atoms with van der Waals surface area (Å²) in [7, 11) is 0. The molecule has 6 nitrogen and oxygen atoms in total. The third-order valence-electron chi connectivity index (χ3n) is 3.78. The first-order valence-corrected chi connectivity index (χ1v) is 7.55. The Morgan fingerprint density at radius 1 is 1.08 bits per heavy atom. The number of hydrogen-bond acceptors (Lipinski definition) is 5. The van der Waals surface area contributed by atoms with Gasteiger partial charge in [0.05, 0.1) is 18.1 Å². The lowest BCUT2D eigenvalue weighted by Crippen LogP contribution is -1.96. The van der Waals surface area contributed by atoms with Crippen molar-refractivity contribution in [3.05, 3.63) is 59.9 Å². The molecule has 0 unspecified atom stereocenters. The van der Waals surface area contributed by atoms with Crippen LogP contribution in [0, 0.1) is 6.92 Å². The predicted octanol–water partition coefficient (Wildman–Crippen LogP) is 3.05. The van der Waals surface area contributed by atoms with Crippen molar-refractivity contribution in [2.45, 2.75) is 6.92 Å². The molecule has 0 fully saturated rings. The van der Waals surface area contributed by atoms with Crippen molar-refractivity contribution in [1.29, 1.82) is 0 Å². The van der Waals surface area contributed by atoms with Gasteiger partial charge in [-0.15, -0.1) is 0 Å². The largest absolute Gasteiger partial charge is 0.454 e. The van der Waals surface area contributed by atoms with Crippen LogP contribution in [0.4, 0.5) is 5.95 Å². The fraction of sp³-hybridized carbons (Fsp3) is 0.111. The second-order valence-corrected chi connectivity index (χ2v) is 5.52. The first kappa shape index (κ1) is 14.3. The van der Waals surface area contributed by atoms with Crippen LogP contribution in [0.3, 0.4) is 0 Å². The van der Waals surface area contributed by atoms with E-state index in [1.165, 1.54) is 0 Å². The smallest absolute Gasteiger partial charge is 0.231 e. The van der Waals surface area contributed by atoms with E-state index >= 15 is 0 Å². The van der Waals surface area contributed by atoms with Crippen LogP contribution in [-0.4, -0.2) is 22.7 Å². The molecule has 1 aromatic heterocycles. The zero-order valence-electron chi connectivity index (χ0n) is 13.1. The molecule has 2 aromatic carbocycles. The monoisotopic (exact) mass is 320 g/mol. The van der Waals surface area contributed by atoms with E-state index in [-0.39, 0.29) is 6.79 Å². The van der Waals surface area contributed by atoms with E-state index in [0.29, 0.717) is 5.95 Å². The minimum absolute atomic E-state index is 0.283. The quantitative estimate of drug-likeness (QED) is 0.753. The molecule has 0 spiro atoms. The first-order chi connectivity index (χ1) is 11.7. The molecular formula is C18H16N4O2. The van der Waals surface area contributed by atoms with Crippen LogP contribution in [0.5, 0.6) is 11.5 Å². The Morgan fingerprint density at radius 2 is 1.83 bits per heavy atom. The molecular weight excluding hydrogens is 304 g/mol. The highest BCUT2D eigenvalue weighted by molar-refractivity contribution is 5.81. The van der Waals surface area contributed by atoms with Gasteiger partial charge in [-0.25, -0.2) is 9.66 Å². The fourth-order valence-electron chi connectivity index (χ4n) is 2.56. The molecule has 0 aliphatic carbocycles. The Hall–Kier alpha value is -3.28. The lowest BCUT2D eigenvalue weighted by Gasteiger charge is -2.04. The van der Waals surface area contributed by atoms with Crippen molar-refractivity contribution >= 4 is 12.2 Å². The number of ether oxygens (including phenoxy) is 2. The first-order valence-electron chi connectivity index (χ1n) is 7.55. The highest BCUT2D eigenvalue weighted by atomic mass is 16.7. The zero-order valence-corrected chi connectivity index (χ0v) is 13.1. The average molecular weight is 320 g/mol. The van der Waals surface area contributed by atoms with Crippen molar-refractivity contribution in [1.82, 2.24) is 9.66 Å². The second kappa shape index (κ2) is 5.73. The molecule has 1 aliphatic heterocycles. The van der Waals surface area contributed by atoms with Gasteiger partial charge in [-0.2, -0.15) is 5.10 Å². The van der Waals surface area contributed by atoms with Crippen LogP contribution in [0.2, 0.25) is 0 Å². The number of nitrogens with two attached hydrogens (primary N) is 1. The van der Waals surface area contributed by atoms with Crippen LogP contribution in [0.25, 0.3) is 11.1 Å². The van der Waals surface area contributed by atoms with Crippen LogP contribution in [0.15, 0.2) is 53.8 Å². The van der Waals surface area contributed by atoms with Gasteiger partial charge in [-0.1, -0.05) is 30.3 Å². The summed E-state index contributed by atoms with van der Waals surface area (Å²) in [5.74, 6) is 1.94. The maximum absolute atomic E-state index is 5.77. The van der Waals surface area contributed by atoms with Crippen molar-refractivity contribution in [2.75, 3.05) is 12.5 Å². The van der Waals surface area contributed by atoms with Crippen molar-refractivity contribution in [3.8, 4) is 22.6 Å². The summed E-state index contributed by atoms with van der Waals surface area (Å²) in [6.07, 6.45) is 3.54. The second-order valence-electron chi connectivity index (χ2n) is 5.52. The van der Waals surface area contributed by atoms with Crippen LogP contribution >= 0.6 is 0 Å². The van der Waals surface area contributed by atoms with Gasteiger partial charge in [0.25, 0.3) is 0 Å².